The van der Waals surface area contributed by atoms with Crippen molar-refractivity contribution in [3.8, 4) is 11.8 Å². The van der Waals surface area contributed by atoms with E-state index in [0.29, 0.717) is 0 Å². The Hall–Kier alpha value is -4.37. The van der Waals surface area contributed by atoms with Crippen LogP contribution in [-0.4, -0.2) is 19.2 Å². The van der Waals surface area contributed by atoms with Gasteiger partial charge in [-0.25, -0.2) is 0 Å². The highest BCUT2D eigenvalue weighted by molar-refractivity contribution is 7.91. The molecule has 0 radical (unpaired) electrons. The Morgan fingerprint density at radius 2 is 1.97 bits per heavy atom. The van der Waals surface area contributed by atoms with Gasteiger partial charge in [0.1, 0.15) is 11.6 Å². The van der Waals surface area contributed by atoms with E-state index in [2.05, 4.69) is 5.32 Å². The average Bonchev–Trinajstić information content (AvgIpc) is 2.99. The minimum absolute atomic E-state index is 0.0534. The molecule has 1 spiro atoms. The lowest BCUT2D eigenvalue weighted by atomic mass is 9.73. The van der Waals surface area contributed by atoms with Gasteiger partial charge in [-0.15, -0.1) is 0 Å². The van der Waals surface area contributed by atoms with Crippen LogP contribution < -0.4 is 15.2 Å². The Kier molecular flexibility index (Phi) is 3.51. The number of benzene rings is 2. The summed E-state index contributed by atoms with van der Waals surface area (Å²) in [6.45, 7) is 0. The van der Waals surface area contributed by atoms with Crippen molar-refractivity contribution in [1.29, 1.82) is 5.26 Å². The number of amides is 1. The highest BCUT2D eigenvalue weighted by Crippen LogP contribution is 2.57. The number of para-hydroxylation sites is 1. The molecular formula is C19H10N4O7S. The van der Waals surface area contributed by atoms with Crippen molar-refractivity contribution < 1.29 is 27.1 Å². The first kappa shape index (κ1) is 18.6. The van der Waals surface area contributed by atoms with Crippen LogP contribution in [0.1, 0.15) is 11.1 Å². The third-order valence-electron chi connectivity index (χ3n) is 5.28. The van der Waals surface area contributed by atoms with Crippen molar-refractivity contribution in [1.82, 2.24) is 0 Å². The summed E-state index contributed by atoms with van der Waals surface area (Å²) in [6.07, 6.45) is 0. The first-order valence-corrected chi connectivity index (χ1v) is 10.1. The molecule has 31 heavy (non-hydrogen) atoms. The molecule has 1 atom stereocenters. The molecule has 0 fully saturated rings. The zero-order chi connectivity index (χ0) is 22.1. The molecule has 0 aliphatic carbocycles. The fraction of sp³-hybridized carbons (Fsp3) is 0.0526. The van der Waals surface area contributed by atoms with Gasteiger partial charge in [0.2, 0.25) is 11.8 Å². The number of nitrogens with two attached hydrogens (primary N) is 1. The van der Waals surface area contributed by atoms with Gasteiger partial charge in [0, 0.05) is 23.4 Å². The van der Waals surface area contributed by atoms with E-state index in [1.165, 1.54) is 18.2 Å². The van der Waals surface area contributed by atoms with Gasteiger partial charge in [-0.3, -0.25) is 14.9 Å². The van der Waals surface area contributed by atoms with Crippen LogP contribution in [0.15, 0.2) is 58.8 Å². The van der Waals surface area contributed by atoms with Gasteiger partial charge in [0.25, 0.3) is 5.69 Å². The zero-order valence-electron chi connectivity index (χ0n) is 15.3. The number of nitro groups is 1. The maximum atomic E-state index is 13.3. The summed E-state index contributed by atoms with van der Waals surface area (Å²) in [5.74, 6) is -1.76. The van der Waals surface area contributed by atoms with Crippen molar-refractivity contribution >= 4 is 33.2 Å². The van der Waals surface area contributed by atoms with E-state index in [-0.39, 0.29) is 28.3 Å². The van der Waals surface area contributed by atoms with Crippen molar-refractivity contribution in [2.75, 3.05) is 5.32 Å². The number of hydrogen-bond acceptors (Lipinski definition) is 9. The molecule has 0 aromatic heterocycles. The quantitative estimate of drug-likeness (QED) is 0.380. The summed E-state index contributed by atoms with van der Waals surface area (Å²) < 4.78 is 37.2. The lowest BCUT2D eigenvalue weighted by Crippen LogP contribution is -2.47. The topological polar surface area (TPSA) is 175 Å². The van der Waals surface area contributed by atoms with Crippen LogP contribution in [0, 0.1) is 21.4 Å². The molecular weight excluding hydrogens is 428 g/mol. The number of rotatable bonds is 1. The third kappa shape index (κ3) is 2.20. The standard InChI is InChI=1S/C19H10N4O7S/c20-8-12-17(21)29-15-10-3-1-2-4-14(10)30-31(27,28)16(15)19(12)11-7-9(23(25)26)5-6-13(11)22-18(19)24/h1-7H,21H2,(H,22,24). The van der Waals surface area contributed by atoms with E-state index in [1.54, 1.807) is 18.2 Å². The Bertz CT molecular complexity index is 1450. The SMILES string of the molecule is N#CC1=C(N)OC2=C(C13C(=O)Nc1ccc([N+](=O)[O-])cc13)S(=O)(=O)Oc1ccccc12. The van der Waals surface area contributed by atoms with Crippen LogP contribution in [0.5, 0.6) is 5.75 Å². The number of nitrogens with one attached hydrogen (secondary N) is 1. The largest absolute Gasteiger partial charge is 0.438 e. The molecule has 11 nitrogen and oxygen atoms in total. The second-order valence-electron chi connectivity index (χ2n) is 6.84. The molecule has 3 heterocycles. The maximum absolute atomic E-state index is 13.3. The predicted octanol–water partition coefficient (Wildman–Crippen LogP) is 1.60. The predicted molar refractivity (Wildman–Crippen MR) is 104 cm³/mol. The van der Waals surface area contributed by atoms with Crippen molar-refractivity contribution in [2.24, 2.45) is 5.73 Å². The first-order chi connectivity index (χ1) is 14.7. The summed E-state index contributed by atoms with van der Waals surface area (Å²) in [4.78, 5) is 23.3. The molecule has 0 bridgehead atoms. The van der Waals surface area contributed by atoms with Crippen LogP contribution in [0.4, 0.5) is 11.4 Å². The molecule has 1 unspecified atom stereocenters. The summed E-state index contributed by atoms with van der Waals surface area (Å²) in [6, 6.07) is 11.2. The van der Waals surface area contributed by atoms with Crippen LogP contribution in [0.2, 0.25) is 0 Å². The molecule has 3 aliphatic heterocycles. The number of non-ortho nitro benzene ring substituents is 1. The van der Waals surface area contributed by atoms with Gasteiger partial charge < -0.3 is 20.0 Å². The summed E-state index contributed by atoms with van der Waals surface area (Å²) >= 11 is 0. The molecule has 1 amide bonds. The number of nitriles is 1. The highest BCUT2D eigenvalue weighted by Gasteiger charge is 2.63. The van der Waals surface area contributed by atoms with Crippen LogP contribution in [-0.2, 0) is 25.1 Å². The Labute approximate surface area is 174 Å². The van der Waals surface area contributed by atoms with E-state index in [9.17, 15) is 28.6 Å². The number of hydrogen-bond donors (Lipinski definition) is 2. The highest BCUT2D eigenvalue weighted by atomic mass is 32.2. The van der Waals surface area contributed by atoms with Gasteiger partial charge in [0.05, 0.1) is 10.5 Å². The zero-order valence-corrected chi connectivity index (χ0v) is 16.1. The second kappa shape index (κ2) is 5.83. The minimum atomic E-state index is -4.68. The van der Waals surface area contributed by atoms with E-state index < -0.39 is 48.4 Å². The van der Waals surface area contributed by atoms with Crippen molar-refractivity contribution in [2.45, 2.75) is 5.41 Å². The van der Waals surface area contributed by atoms with Crippen molar-refractivity contribution in [3.63, 3.8) is 0 Å². The smallest absolute Gasteiger partial charge is 0.340 e. The Morgan fingerprint density at radius 3 is 2.68 bits per heavy atom. The number of nitro benzene ring substituents is 1. The number of anilines is 1. The van der Waals surface area contributed by atoms with Gasteiger partial charge in [-0.05, 0) is 18.2 Å². The summed E-state index contributed by atoms with van der Waals surface area (Å²) in [5, 5.41) is 23.7. The Balaban J connectivity index is 1.97. The molecule has 12 heteroatoms. The molecule has 0 saturated carbocycles. The fourth-order valence-corrected chi connectivity index (χ4v) is 5.58. The lowest BCUT2D eigenvalue weighted by molar-refractivity contribution is -0.384. The van der Waals surface area contributed by atoms with E-state index in [0.717, 1.165) is 12.1 Å². The van der Waals surface area contributed by atoms with E-state index in [4.69, 9.17) is 14.7 Å². The van der Waals surface area contributed by atoms with Crippen LogP contribution in [0.3, 0.4) is 0 Å². The number of fused-ring (bicyclic) bond motifs is 5. The second-order valence-corrected chi connectivity index (χ2v) is 8.32. The number of ether oxygens (including phenoxy) is 1. The monoisotopic (exact) mass is 438 g/mol. The lowest BCUT2D eigenvalue weighted by Gasteiger charge is -2.36. The summed E-state index contributed by atoms with van der Waals surface area (Å²) in [5.41, 5.74) is 2.89. The average molecular weight is 438 g/mol. The third-order valence-corrected chi connectivity index (χ3v) is 6.67. The molecule has 2 aromatic rings. The van der Waals surface area contributed by atoms with E-state index >= 15 is 0 Å². The molecule has 3 N–H and O–H groups in total. The van der Waals surface area contributed by atoms with Gasteiger partial charge >= 0.3 is 10.1 Å². The van der Waals surface area contributed by atoms with Crippen molar-refractivity contribution in [3.05, 3.63) is 80.1 Å². The fourth-order valence-electron chi connectivity index (χ4n) is 4.06. The van der Waals surface area contributed by atoms with Crippen LogP contribution in [0.25, 0.3) is 5.76 Å². The van der Waals surface area contributed by atoms with Crippen LogP contribution >= 0.6 is 0 Å². The molecule has 0 saturated heterocycles. The normalized spacial score (nSPS) is 22.5. The number of nitrogens with zero attached hydrogens (tertiary/aromatic N) is 2. The number of carbonyl (C=O) groups is 1. The van der Waals surface area contributed by atoms with Gasteiger partial charge in [-0.1, -0.05) is 12.1 Å². The summed E-state index contributed by atoms with van der Waals surface area (Å²) in [7, 11) is -4.68. The number of carbonyl (C=O) groups excluding carboxylic acids is 1. The minimum Gasteiger partial charge on any atom is -0.438 e. The Morgan fingerprint density at radius 1 is 1.23 bits per heavy atom. The molecule has 2 aromatic carbocycles. The van der Waals surface area contributed by atoms with Gasteiger partial charge in [0.15, 0.2) is 21.8 Å². The first-order valence-electron chi connectivity index (χ1n) is 8.69. The van der Waals surface area contributed by atoms with E-state index in [1.807, 2.05) is 0 Å². The van der Waals surface area contributed by atoms with Gasteiger partial charge in [-0.2, -0.15) is 13.7 Å². The molecule has 3 aliphatic rings. The molecule has 5 rings (SSSR count). The molecule has 154 valence electrons. The maximum Gasteiger partial charge on any atom is 0.340 e.